The Morgan fingerprint density at radius 3 is 2.57 bits per heavy atom. The van der Waals surface area contributed by atoms with Gasteiger partial charge in [-0.25, -0.2) is 15.5 Å². The lowest BCUT2D eigenvalue weighted by molar-refractivity contribution is -0.117. The summed E-state index contributed by atoms with van der Waals surface area (Å²) in [4.78, 5) is 12.6. The van der Waals surface area contributed by atoms with E-state index in [-0.39, 0.29) is 18.0 Å². The van der Waals surface area contributed by atoms with Crippen LogP contribution in [0, 0.1) is 0 Å². The molecule has 0 radical (unpaired) electrons. The molecule has 1 saturated heterocycles. The number of nitrogens with zero attached hydrogens (tertiary/aromatic N) is 2. The van der Waals surface area contributed by atoms with Gasteiger partial charge in [0.2, 0.25) is 5.91 Å². The molecule has 2 unspecified atom stereocenters. The number of aromatic nitrogens is 2. The predicted molar refractivity (Wildman–Crippen MR) is 108 cm³/mol. The molecule has 0 saturated carbocycles. The molecule has 1 aromatic heterocycles. The van der Waals surface area contributed by atoms with Crippen LogP contribution in [0.2, 0.25) is 5.02 Å². The average molecular weight is 398 g/mol. The van der Waals surface area contributed by atoms with Gasteiger partial charge in [-0.1, -0.05) is 23.7 Å². The highest BCUT2D eigenvalue weighted by molar-refractivity contribution is 6.30. The standard InChI is InChI=1S/C20H20ClN5O2/c1-28-17-8-2-13(3-9-17)18-10-19(25-24-18)20(27)23-15-4-6-16(7-5-15)26-12-14(21)11-22-26/h2-9,11-12,18-19,24-25H,10H2,1H3,(H,23,27). The van der Waals surface area contributed by atoms with Gasteiger partial charge in [0.25, 0.3) is 0 Å². The van der Waals surface area contributed by atoms with E-state index in [4.69, 9.17) is 16.3 Å². The van der Waals surface area contributed by atoms with Crippen LogP contribution >= 0.6 is 11.6 Å². The monoisotopic (exact) mass is 397 g/mol. The van der Waals surface area contributed by atoms with Crippen molar-refractivity contribution in [1.29, 1.82) is 0 Å². The summed E-state index contributed by atoms with van der Waals surface area (Å²) in [5, 5.41) is 7.67. The Labute approximate surface area is 167 Å². The van der Waals surface area contributed by atoms with Crippen molar-refractivity contribution in [1.82, 2.24) is 20.6 Å². The van der Waals surface area contributed by atoms with Gasteiger partial charge in [0.15, 0.2) is 0 Å². The number of benzene rings is 2. The Morgan fingerprint density at radius 2 is 1.93 bits per heavy atom. The van der Waals surface area contributed by atoms with E-state index in [9.17, 15) is 4.79 Å². The highest BCUT2D eigenvalue weighted by atomic mass is 35.5. The highest BCUT2D eigenvalue weighted by Crippen LogP contribution is 2.25. The number of carbonyl (C=O) groups excluding carboxylic acids is 1. The fraction of sp³-hybridized carbons (Fsp3) is 0.200. The number of anilines is 1. The molecule has 1 amide bonds. The lowest BCUT2D eigenvalue weighted by Gasteiger charge is -2.11. The molecule has 0 aliphatic carbocycles. The first-order valence-corrected chi connectivity index (χ1v) is 9.26. The topological polar surface area (TPSA) is 80.2 Å². The maximum Gasteiger partial charge on any atom is 0.242 e. The van der Waals surface area contributed by atoms with Gasteiger partial charge in [0, 0.05) is 17.9 Å². The van der Waals surface area contributed by atoms with E-state index >= 15 is 0 Å². The zero-order valence-electron chi connectivity index (χ0n) is 15.2. The minimum absolute atomic E-state index is 0.0635. The van der Waals surface area contributed by atoms with E-state index in [0.29, 0.717) is 11.4 Å². The molecule has 144 valence electrons. The second-order valence-electron chi connectivity index (χ2n) is 6.54. The van der Waals surface area contributed by atoms with Crippen LogP contribution < -0.4 is 20.9 Å². The molecule has 1 aliphatic rings. The molecular formula is C20H20ClN5O2. The Kier molecular flexibility index (Phi) is 5.29. The lowest BCUT2D eigenvalue weighted by atomic mass is 10.0. The van der Waals surface area contributed by atoms with Crippen molar-refractivity contribution in [2.45, 2.75) is 18.5 Å². The summed E-state index contributed by atoms with van der Waals surface area (Å²) in [5.74, 6) is 0.725. The predicted octanol–water partition coefficient (Wildman–Crippen LogP) is 3.08. The Morgan fingerprint density at radius 1 is 1.18 bits per heavy atom. The molecule has 0 spiro atoms. The number of halogens is 1. The van der Waals surface area contributed by atoms with Crippen molar-refractivity contribution >= 4 is 23.2 Å². The minimum Gasteiger partial charge on any atom is -0.497 e. The summed E-state index contributed by atoms with van der Waals surface area (Å²) >= 11 is 5.89. The molecule has 7 nitrogen and oxygen atoms in total. The lowest BCUT2D eigenvalue weighted by Crippen LogP contribution is -2.39. The maximum absolute atomic E-state index is 12.6. The summed E-state index contributed by atoms with van der Waals surface area (Å²) in [6.07, 6.45) is 3.96. The number of rotatable bonds is 5. The van der Waals surface area contributed by atoms with Crippen molar-refractivity contribution in [3.05, 3.63) is 71.5 Å². The summed E-state index contributed by atoms with van der Waals surface area (Å²) in [5.41, 5.74) is 8.95. The number of hydrogen-bond donors (Lipinski definition) is 3. The van der Waals surface area contributed by atoms with Gasteiger partial charge in [0.05, 0.1) is 24.0 Å². The number of hydrazine groups is 1. The molecule has 0 bridgehead atoms. The van der Waals surface area contributed by atoms with Crippen molar-refractivity contribution in [2.24, 2.45) is 0 Å². The van der Waals surface area contributed by atoms with Crippen LogP contribution in [-0.2, 0) is 4.79 Å². The van der Waals surface area contributed by atoms with Crippen molar-refractivity contribution in [2.75, 3.05) is 12.4 Å². The normalized spacial score (nSPS) is 18.8. The van der Waals surface area contributed by atoms with Crippen LogP contribution in [0.5, 0.6) is 5.75 Å². The van der Waals surface area contributed by atoms with Crippen molar-refractivity contribution in [3.8, 4) is 11.4 Å². The number of methoxy groups -OCH3 is 1. The molecule has 3 N–H and O–H groups in total. The van der Waals surface area contributed by atoms with Crippen LogP contribution in [0.4, 0.5) is 5.69 Å². The van der Waals surface area contributed by atoms with E-state index in [1.54, 1.807) is 24.2 Å². The first-order chi connectivity index (χ1) is 13.6. The molecule has 28 heavy (non-hydrogen) atoms. The smallest absolute Gasteiger partial charge is 0.242 e. The second-order valence-corrected chi connectivity index (χ2v) is 6.98. The highest BCUT2D eigenvalue weighted by Gasteiger charge is 2.30. The molecule has 2 aromatic carbocycles. The SMILES string of the molecule is COc1ccc(C2CC(C(=O)Nc3ccc(-n4cc(Cl)cn4)cc3)NN2)cc1. The summed E-state index contributed by atoms with van der Waals surface area (Å²) < 4.78 is 6.86. The van der Waals surface area contributed by atoms with Gasteiger partial charge < -0.3 is 10.1 Å². The van der Waals surface area contributed by atoms with E-state index in [0.717, 1.165) is 22.7 Å². The van der Waals surface area contributed by atoms with E-state index in [1.165, 1.54) is 0 Å². The maximum atomic E-state index is 12.6. The summed E-state index contributed by atoms with van der Waals surface area (Å²) in [7, 11) is 1.64. The number of ether oxygens (including phenoxy) is 1. The second kappa shape index (κ2) is 8.02. The van der Waals surface area contributed by atoms with E-state index < -0.39 is 0 Å². The number of amides is 1. The summed E-state index contributed by atoms with van der Waals surface area (Å²) in [6, 6.07) is 15.0. The van der Waals surface area contributed by atoms with Crippen LogP contribution in [0.3, 0.4) is 0 Å². The number of carbonyl (C=O) groups is 1. The molecule has 3 aromatic rings. The third-order valence-electron chi connectivity index (χ3n) is 4.69. The molecule has 1 fully saturated rings. The average Bonchev–Trinajstić information content (AvgIpc) is 3.38. The number of hydrogen-bond acceptors (Lipinski definition) is 5. The van der Waals surface area contributed by atoms with Gasteiger partial charge in [0.1, 0.15) is 11.8 Å². The van der Waals surface area contributed by atoms with E-state index in [1.807, 2.05) is 48.5 Å². The van der Waals surface area contributed by atoms with Gasteiger partial charge in [-0.15, -0.1) is 0 Å². The van der Waals surface area contributed by atoms with Gasteiger partial charge in [-0.2, -0.15) is 5.10 Å². The zero-order valence-corrected chi connectivity index (χ0v) is 16.0. The van der Waals surface area contributed by atoms with Gasteiger partial charge in [-0.05, 0) is 48.4 Å². The summed E-state index contributed by atoms with van der Waals surface area (Å²) in [6.45, 7) is 0. The quantitative estimate of drug-likeness (QED) is 0.616. The molecule has 4 rings (SSSR count). The van der Waals surface area contributed by atoms with Gasteiger partial charge >= 0.3 is 0 Å². The third-order valence-corrected chi connectivity index (χ3v) is 4.88. The van der Waals surface area contributed by atoms with Crippen LogP contribution in [0.25, 0.3) is 5.69 Å². The number of nitrogens with one attached hydrogen (secondary N) is 3. The van der Waals surface area contributed by atoms with E-state index in [2.05, 4.69) is 21.3 Å². The molecule has 8 heteroatoms. The third kappa shape index (κ3) is 4.01. The largest absolute Gasteiger partial charge is 0.497 e. The first-order valence-electron chi connectivity index (χ1n) is 8.89. The molecular weight excluding hydrogens is 378 g/mol. The fourth-order valence-electron chi connectivity index (χ4n) is 3.15. The van der Waals surface area contributed by atoms with Gasteiger partial charge in [-0.3, -0.25) is 4.79 Å². The Hall–Kier alpha value is -2.87. The van der Waals surface area contributed by atoms with Crippen molar-refractivity contribution in [3.63, 3.8) is 0 Å². The fourth-order valence-corrected chi connectivity index (χ4v) is 3.29. The Balaban J connectivity index is 1.36. The van der Waals surface area contributed by atoms with Crippen LogP contribution in [0.1, 0.15) is 18.0 Å². The van der Waals surface area contributed by atoms with Crippen molar-refractivity contribution < 1.29 is 9.53 Å². The Bertz CT molecular complexity index is 955. The minimum atomic E-state index is -0.322. The first kappa shape index (κ1) is 18.5. The molecule has 2 atom stereocenters. The zero-order chi connectivity index (χ0) is 19.5. The molecule has 1 aliphatic heterocycles. The van der Waals surface area contributed by atoms with Crippen LogP contribution in [0.15, 0.2) is 60.9 Å². The molecule has 2 heterocycles. The van der Waals surface area contributed by atoms with Crippen LogP contribution in [-0.4, -0.2) is 28.8 Å².